The average Bonchev–Trinajstić information content (AvgIpc) is 2.56. The third-order valence-corrected chi connectivity index (χ3v) is 4.91. The SMILES string of the molecule is COc1cc(Cl)ccc1CC(=O)NC1CCC(C(C)C)CC1.O=C(O)O. The van der Waals surface area contributed by atoms with E-state index in [1.807, 2.05) is 6.07 Å². The normalized spacial score (nSPS) is 19.3. The highest BCUT2D eigenvalue weighted by Crippen LogP contribution is 2.30. The highest BCUT2D eigenvalue weighted by molar-refractivity contribution is 6.30. The maximum absolute atomic E-state index is 12.2. The number of halogens is 1. The van der Waals surface area contributed by atoms with Crippen molar-refractivity contribution in [3.05, 3.63) is 28.8 Å². The van der Waals surface area contributed by atoms with Gasteiger partial charge in [0.15, 0.2) is 0 Å². The van der Waals surface area contributed by atoms with Gasteiger partial charge in [-0.2, -0.15) is 0 Å². The summed E-state index contributed by atoms with van der Waals surface area (Å²) in [6, 6.07) is 5.72. The molecule has 0 bridgehead atoms. The van der Waals surface area contributed by atoms with E-state index in [0.29, 0.717) is 23.2 Å². The van der Waals surface area contributed by atoms with E-state index >= 15 is 0 Å². The molecule has 1 aliphatic carbocycles. The van der Waals surface area contributed by atoms with E-state index in [9.17, 15) is 4.79 Å². The van der Waals surface area contributed by atoms with Crippen molar-refractivity contribution in [2.45, 2.75) is 52.0 Å². The number of hydrogen-bond acceptors (Lipinski definition) is 3. The Morgan fingerprint density at radius 2 is 1.81 bits per heavy atom. The predicted octanol–water partition coefficient (Wildman–Crippen LogP) is 4.44. The van der Waals surface area contributed by atoms with Gasteiger partial charge in [0, 0.05) is 16.6 Å². The summed E-state index contributed by atoms with van der Waals surface area (Å²) in [5, 5.41) is 17.7. The van der Waals surface area contributed by atoms with E-state index in [1.54, 1.807) is 19.2 Å². The molecule has 1 saturated carbocycles. The van der Waals surface area contributed by atoms with Gasteiger partial charge in [-0.25, -0.2) is 4.79 Å². The summed E-state index contributed by atoms with van der Waals surface area (Å²) in [4.78, 5) is 20.8. The van der Waals surface area contributed by atoms with E-state index in [1.165, 1.54) is 12.8 Å². The van der Waals surface area contributed by atoms with Crippen molar-refractivity contribution < 1.29 is 24.5 Å². The van der Waals surface area contributed by atoms with Crippen molar-refractivity contribution >= 4 is 23.7 Å². The topological polar surface area (TPSA) is 95.9 Å². The first-order chi connectivity index (χ1) is 12.2. The maximum atomic E-state index is 12.2. The maximum Gasteiger partial charge on any atom is 0.503 e. The van der Waals surface area contributed by atoms with Gasteiger partial charge in [0.25, 0.3) is 0 Å². The van der Waals surface area contributed by atoms with Crippen LogP contribution < -0.4 is 10.1 Å². The molecule has 1 aromatic carbocycles. The van der Waals surface area contributed by atoms with Gasteiger partial charge in [-0.05, 0) is 49.7 Å². The van der Waals surface area contributed by atoms with Crippen LogP contribution in [0.3, 0.4) is 0 Å². The summed E-state index contributed by atoms with van der Waals surface area (Å²) >= 11 is 5.95. The number of benzene rings is 1. The summed E-state index contributed by atoms with van der Waals surface area (Å²) in [5.41, 5.74) is 0.875. The predicted molar refractivity (Wildman–Crippen MR) is 101 cm³/mol. The van der Waals surface area contributed by atoms with E-state index in [2.05, 4.69) is 19.2 Å². The second-order valence-corrected chi connectivity index (χ2v) is 7.28. The Bertz CT molecular complexity index is 594. The van der Waals surface area contributed by atoms with Crippen molar-refractivity contribution in [2.75, 3.05) is 7.11 Å². The van der Waals surface area contributed by atoms with Gasteiger partial charge in [0.2, 0.25) is 5.91 Å². The largest absolute Gasteiger partial charge is 0.503 e. The van der Waals surface area contributed by atoms with Crippen LogP contribution in [0.2, 0.25) is 5.02 Å². The van der Waals surface area contributed by atoms with Crippen molar-refractivity contribution in [2.24, 2.45) is 11.8 Å². The fourth-order valence-corrected chi connectivity index (χ4v) is 3.41. The molecule has 1 fully saturated rings. The summed E-state index contributed by atoms with van der Waals surface area (Å²) in [6.07, 6.45) is 3.11. The Morgan fingerprint density at radius 1 is 1.23 bits per heavy atom. The minimum atomic E-state index is -1.83. The molecule has 3 N–H and O–H groups in total. The lowest BCUT2D eigenvalue weighted by Gasteiger charge is -2.31. The molecular formula is C19H28ClNO5. The monoisotopic (exact) mass is 385 g/mol. The molecule has 26 heavy (non-hydrogen) atoms. The summed E-state index contributed by atoms with van der Waals surface area (Å²) < 4.78 is 5.29. The number of methoxy groups -OCH3 is 1. The summed E-state index contributed by atoms with van der Waals surface area (Å²) in [5.74, 6) is 2.29. The first-order valence-corrected chi connectivity index (χ1v) is 9.14. The number of amides is 1. The minimum absolute atomic E-state index is 0.0635. The van der Waals surface area contributed by atoms with E-state index < -0.39 is 6.16 Å². The number of carboxylic acid groups (broad SMARTS) is 2. The molecule has 0 saturated heterocycles. The molecule has 0 heterocycles. The van der Waals surface area contributed by atoms with Gasteiger partial charge in [0.05, 0.1) is 13.5 Å². The Balaban J connectivity index is 0.000000765. The van der Waals surface area contributed by atoms with Gasteiger partial charge >= 0.3 is 6.16 Å². The Labute approximate surface area is 159 Å². The Kier molecular flexibility index (Phi) is 9.27. The molecule has 0 spiro atoms. The standard InChI is InChI=1S/C18H26ClNO2.CH2O3/c1-12(2)13-5-8-16(9-6-13)20-18(21)10-14-4-7-15(19)11-17(14)22-3;2-1(3)4/h4,7,11-13,16H,5-6,8-10H2,1-3H3,(H,20,21);(H2,2,3,4). The summed E-state index contributed by atoms with van der Waals surface area (Å²) in [6.45, 7) is 4.58. The molecule has 6 nitrogen and oxygen atoms in total. The lowest BCUT2D eigenvalue weighted by atomic mass is 9.79. The van der Waals surface area contributed by atoms with Crippen LogP contribution in [0.4, 0.5) is 4.79 Å². The van der Waals surface area contributed by atoms with Crippen LogP contribution in [-0.4, -0.2) is 35.4 Å². The number of nitrogens with one attached hydrogen (secondary N) is 1. The molecule has 0 unspecified atom stereocenters. The lowest BCUT2D eigenvalue weighted by Crippen LogP contribution is -2.39. The molecule has 0 radical (unpaired) electrons. The zero-order valence-corrected chi connectivity index (χ0v) is 16.3. The minimum Gasteiger partial charge on any atom is -0.496 e. The van der Waals surface area contributed by atoms with E-state index in [-0.39, 0.29) is 5.91 Å². The van der Waals surface area contributed by atoms with E-state index in [4.69, 9.17) is 31.3 Å². The molecule has 1 aromatic rings. The zero-order valence-electron chi connectivity index (χ0n) is 15.5. The van der Waals surface area contributed by atoms with E-state index in [0.717, 1.165) is 30.2 Å². The molecule has 146 valence electrons. The summed E-state index contributed by atoms with van der Waals surface area (Å²) in [7, 11) is 1.60. The van der Waals surface area contributed by atoms with Crippen LogP contribution in [0.1, 0.15) is 45.1 Å². The zero-order chi connectivity index (χ0) is 19.7. The fraction of sp³-hybridized carbons (Fsp3) is 0.579. The number of hydrogen-bond donors (Lipinski definition) is 3. The molecular weight excluding hydrogens is 358 g/mol. The molecule has 0 aromatic heterocycles. The number of ether oxygens (including phenoxy) is 1. The second-order valence-electron chi connectivity index (χ2n) is 6.84. The van der Waals surface area contributed by atoms with Crippen LogP contribution in [-0.2, 0) is 11.2 Å². The average molecular weight is 386 g/mol. The molecule has 0 aliphatic heterocycles. The number of carbonyl (C=O) groups excluding carboxylic acids is 1. The van der Waals surface area contributed by atoms with Crippen LogP contribution in [0, 0.1) is 11.8 Å². The highest BCUT2D eigenvalue weighted by atomic mass is 35.5. The van der Waals surface area contributed by atoms with Gasteiger partial charge in [0.1, 0.15) is 5.75 Å². The van der Waals surface area contributed by atoms with Crippen molar-refractivity contribution in [3.63, 3.8) is 0 Å². The van der Waals surface area contributed by atoms with Gasteiger partial charge in [-0.1, -0.05) is 31.5 Å². The van der Waals surface area contributed by atoms with Crippen molar-refractivity contribution in [1.82, 2.24) is 5.32 Å². The first-order valence-electron chi connectivity index (χ1n) is 8.76. The van der Waals surface area contributed by atoms with Gasteiger partial charge in [-0.15, -0.1) is 0 Å². The molecule has 1 amide bonds. The first kappa shape index (κ1) is 22.1. The van der Waals surface area contributed by atoms with Crippen LogP contribution in [0.25, 0.3) is 0 Å². The lowest BCUT2D eigenvalue weighted by molar-refractivity contribution is -0.121. The molecule has 0 atom stereocenters. The highest BCUT2D eigenvalue weighted by Gasteiger charge is 2.24. The molecule has 2 rings (SSSR count). The van der Waals surface area contributed by atoms with Gasteiger partial charge < -0.3 is 20.3 Å². The molecule has 7 heteroatoms. The van der Waals surface area contributed by atoms with Crippen LogP contribution >= 0.6 is 11.6 Å². The third-order valence-electron chi connectivity index (χ3n) is 4.68. The fourth-order valence-electron chi connectivity index (χ4n) is 3.25. The third kappa shape index (κ3) is 7.95. The van der Waals surface area contributed by atoms with Crippen molar-refractivity contribution in [3.8, 4) is 5.75 Å². The van der Waals surface area contributed by atoms with Crippen molar-refractivity contribution in [1.29, 1.82) is 0 Å². The van der Waals surface area contributed by atoms with Crippen LogP contribution in [0.5, 0.6) is 5.75 Å². The van der Waals surface area contributed by atoms with Gasteiger partial charge in [-0.3, -0.25) is 4.79 Å². The molecule has 1 aliphatic rings. The Hall–Kier alpha value is -1.95. The second kappa shape index (κ2) is 10.9. The Morgan fingerprint density at radius 3 is 2.31 bits per heavy atom. The number of rotatable bonds is 5. The van der Waals surface area contributed by atoms with Crippen LogP contribution in [0.15, 0.2) is 18.2 Å². The number of carbonyl (C=O) groups is 2. The smallest absolute Gasteiger partial charge is 0.496 e. The quantitative estimate of drug-likeness (QED) is 0.696.